The number of piperidine rings is 1. The SMILES string of the molecule is C[C@@H]1CCC[C@@H](C)N1C[C@@H](O)COC[C@H]1COc2ccccc2O1. The predicted octanol–water partition coefficient (Wildman–Crippen LogP) is 2.47. The number of nitrogens with zero attached hydrogens (tertiary/aromatic N) is 1. The summed E-state index contributed by atoms with van der Waals surface area (Å²) in [4.78, 5) is 2.40. The van der Waals surface area contributed by atoms with Gasteiger partial charge < -0.3 is 19.3 Å². The Morgan fingerprint density at radius 2 is 1.92 bits per heavy atom. The lowest BCUT2D eigenvalue weighted by molar-refractivity contribution is -0.0391. The van der Waals surface area contributed by atoms with Crippen molar-refractivity contribution in [2.24, 2.45) is 0 Å². The number of benzene rings is 1. The molecule has 134 valence electrons. The molecular weight excluding hydrogens is 306 g/mol. The van der Waals surface area contributed by atoms with E-state index in [1.807, 2.05) is 24.3 Å². The zero-order valence-corrected chi connectivity index (χ0v) is 14.7. The molecule has 0 radical (unpaired) electrons. The van der Waals surface area contributed by atoms with Crippen LogP contribution in [-0.4, -0.2) is 60.7 Å². The second-order valence-electron chi connectivity index (χ2n) is 7.01. The summed E-state index contributed by atoms with van der Waals surface area (Å²) in [5.41, 5.74) is 0. The van der Waals surface area contributed by atoms with E-state index in [1.165, 1.54) is 19.3 Å². The van der Waals surface area contributed by atoms with E-state index in [-0.39, 0.29) is 6.10 Å². The monoisotopic (exact) mass is 335 g/mol. The van der Waals surface area contributed by atoms with Crippen LogP contribution < -0.4 is 9.47 Å². The second kappa shape index (κ2) is 8.19. The molecule has 5 nitrogen and oxygen atoms in total. The highest BCUT2D eigenvalue weighted by Gasteiger charge is 2.27. The Morgan fingerprint density at radius 3 is 2.67 bits per heavy atom. The summed E-state index contributed by atoms with van der Waals surface area (Å²) in [6, 6.07) is 8.73. The van der Waals surface area contributed by atoms with Crippen molar-refractivity contribution in [3.63, 3.8) is 0 Å². The molecule has 0 spiro atoms. The molecule has 4 atom stereocenters. The van der Waals surface area contributed by atoms with Gasteiger partial charge in [0, 0.05) is 18.6 Å². The molecule has 2 aliphatic heterocycles. The Morgan fingerprint density at radius 1 is 1.21 bits per heavy atom. The minimum absolute atomic E-state index is 0.125. The fraction of sp³-hybridized carbons (Fsp3) is 0.684. The molecule has 1 aromatic carbocycles. The summed E-state index contributed by atoms with van der Waals surface area (Å²) >= 11 is 0. The first-order valence-electron chi connectivity index (χ1n) is 9.03. The Bertz CT molecular complexity index is 514. The maximum atomic E-state index is 10.3. The van der Waals surface area contributed by atoms with Gasteiger partial charge >= 0.3 is 0 Å². The van der Waals surface area contributed by atoms with Crippen LogP contribution in [0.3, 0.4) is 0 Å². The molecule has 2 heterocycles. The van der Waals surface area contributed by atoms with E-state index in [4.69, 9.17) is 14.2 Å². The molecule has 3 rings (SSSR count). The summed E-state index contributed by atoms with van der Waals surface area (Å²) in [5.74, 6) is 1.54. The normalized spacial score (nSPS) is 28.5. The highest BCUT2D eigenvalue weighted by Crippen LogP contribution is 2.30. The lowest BCUT2D eigenvalue weighted by Gasteiger charge is -2.40. The molecule has 5 heteroatoms. The fourth-order valence-electron chi connectivity index (χ4n) is 3.61. The zero-order chi connectivity index (χ0) is 16.9. The van der Waals surface area contributed by atoms with Gasteiger partial charge in [-0.15, -0.1) is 0 Å². The number of fused-ring (bicyclic) bond motifs is 1. The Hall–Kier alpha value is -1.30. The van der Waals surface area contributed by atoms with Gasteiger partial charge in [0.1, 0.15) is 6.61 Å². The Balaban J connectivity index is 1.39. The third kappa shape index (κ3) is 4.41. The number of aliphatic hydroxyl groups excluding tert-OH is 1. The van der Waals surface area contributed by atoms with E-state index >= 15 is 0 Å². The van der Waals surface area contributed by atoms with Crippen molar-refractivity contribution < 1.29 is 19.3 Å². The number of β-amino-alcohol motifs (C(OH)–C–C–N with tert-alkyl or cyclic N) is 1. The number of hydrogen-bond acceptors (Lipinski definition) is 5. The molecule has 0 aliphatic carbocycles. The van der Waals surface area contributed by atoms with Crippen LogP contribution in [0.4, 0.5) is 0 Å². The number of ether oxygens (including phenoxy) is 3. The van der Waals surface area contributed by atoms with Crippen LogP contribution in [0, 0.1) is 0 Å². The molecular formula is C19H29NO4. The van der Waals surface area contributed by atoms with Crippen molar-refractivity contribution in [3.05, 3.63) is 24.3 Å². The number of aliphatic hydroxyl groups is 1. The van der Waals surface area contributed by atoms with Crippen LogP contribution >= 0.6 is 0 Å². The van der Waals surface area contributed by atoms with Crippen molar-refractivity contribution >= 4 is 0 Å². The van der Waals surface area contributed by atoms with E-state index in [2.05, 4.69) is 18.7 Å². The van der Waals surface area contributed by atoms with Gasteiger partial charge in [-0.25, -0.2) is 0 Å². The number of rotatable bonds is 6. The van der Waals surface area contributed by atoms with Crippen molar-refractivity contribution in [1.82, 2.24) is 4.90 Å². The standard InChI is InChI=1S/C19H29NO4/c1-14-6-5-7-15(2)20(14)10-16(21)11-22-12-17-13-23-18-8-3-4-9-19(18)24-17/h3-4,8-9,14-17,21H,5-7,10-13H2,1-2H3/t14-,15-,16-,17+/m1/s1. The highest BCUT2D eigenvalue weighted by atomic mass is 16.6. The summed E-state index contributed by atoms with van der Waals surface area (Å²) < 4.78 is 17.2. The smallest absolute Gasteiger partial charge is 0.161 e. The van der Waals surface area contributed by atoms with Gasteiger partial charge in [-0.05, 0) is 38.8 Å². The van der Waals surface area contributed by atoms with Gasteiger partial charge in [0.15, 0.2) is 17.6 Å². The minimum Gasteiger partial charge on any atom is -0.486 e. The largest absolute Gasteiger partial charge is 0.486 e. The maximum Gasteiger partial charge on any atom is 0.161 e. The fourth-order valence-corrected chi connectivity index (χ4v) is 3.61. The van der Waals surface area contributed by atoms with E-state index in [0.29, 0.717) is 38.4 Å². The quantitative estimate of drug-likeness (QED) is 0.865. The van der Waals surface area contributed by atoms with Crippen molar-refractivity contribution in [3.8, 4) is 11.5 Å². The number of para-hydroxylation sites is 2. The molecule has 0 saturated carbocycles. The van der Waals surface area contributed by atoms with Crippen LogP contribution in [0.5, 0.6) is 11.5 Å². The van der Waals surface area contributed by atoms with E-state index in [1.54, 1.807) is 0 Å². The third-order valence-electron chi connectivity index (χ3n) is 4.98. The summed E-state index contributed by atoms with van der Waals surface area (Å²) in [6.45, 7) is 6.40. The van der Waals surface area contributed by atoms with Gasteiger partial charge in [0.2, 0.25) is 0 Å². The minimum atomic E-state index is -0.468. The van der Waals surface area contributed by atoms with Crippen molar-refractivity contribution in [2.45, 2.75) is 57.4 Å². The number of hydrogen-bond donors (Lipinski definition) is 1. The third-order valence-corrected chi connectivity index (χ3v) is 4.98. The molecule has 1 fully saturated rings. The predicted molar refractivity (Wildman–Crippen MR) is 92.7 cm³/mol. The first kappa shape index (κ1) is 17.5. The lowest BCUT2D eigenvalue weighted by atomic mass is 9.97. The van der Waals surface area contributed by atoms with Gasteiger partial charge in [0.05, 0.1) is 19.3 Å². The lowest BCUT2D eigenvalue weighted by Crippen LogP contribution is -2.48. The molecule has 1 aromatic rings. The van der Waals surface area contributed by atoms with E-state index in [0.717, 1.165) is 11.5 Å². The first-order chi connectivity index (χ1) is 11.6. The molecule has 1 N–H and O–H groups in total. The summed E-state index contributed by atoms with van der Waals surface area (Å²) in [5, 5.41) is 10.3. The second-order valence-corrected chi connectivity index (χ2v) is 7.01. The zero-order valence-electron chi connectivity index (χ0n) is 14.7. The van der Waals surface area contributed by atoms with Crippen LogP contribution in [0.25, 0.3) is 0 Å². The Kier molecular flexibility index (Phi) is 5.98. The van der Waals surface area contributed by atoms with Crippen molar-refractivity contribution in [1.29, 1.82) is 0 Å². The van der Waals surface area contributed by atoms with Crippen LogP contribution in [-0.2, 0) is 4.74 Å². The van der Waals surface area contributed by atoms with E-state index in [9.17, 15) is 5.11 Å². The highest BCUT2D eigenvalue weighted by molar-refractivity contribution is 5.40. The average molecular weight is 335 g/mol. The topological polar surface area (TPSA) is 51.2 Å². The van der Waals surface area contributed by atoms with Crippen LogP contribution in [0.2, 0.25) is 0 Å². The maximum absolute atomic E-state index is 10.3. The van der Waals surface area contributed by atoms with Gasteiger partial charge in [-0.1, -0.05) is 18.6 Å². The molecule has 0 aromatic heterocycles. The van der Waals surface area contributed by atoms with Crippen LogP contribution in [0.15, 0.2) is 24.3 Å². The first-order valence-corrected chi connectivity index (χ1v) is 9.03. The summed E-state index contributed by atoms with van der Waals surface area (Å²) in [7, 11) is 0. The van der Waals surface area contributed by atoms with Crippen molar-refractivity contribution in [2.75, 3.05) is 26.4 Å². The van der Waals surface area contributed by atoms with Crippen LogP contribution in [0.1, 0.15) is 33.1 Å². The summed E-state index contributed by atoms with van der Waals surface area (Å²) in [6.07, 6.45) is 3.12. The average Bonchev–Trinajstić information content (AvgIpc) is 2.58. The van der Waals surface area contributed by atoms with Gasteiger partial charge in [-0.3, -0.25) is 4.90 Å². The molecule has 0 bridgehead atoms. The van der Waals surface area contributed by atoms with Gasteiger partial charge in [0.25, 0.3) is 0 Å². The van der Waals surface area contributed by atoms with Gasteiger partial charge in [-0.2, -0.15) is 0 Å². The molecule has 2 aliphatic rings. The molecule has 1 saturated heterocycles. The molecule has 0 amide bonds. The number of likely N-dealkylation sites (tertiary alicyclic amines) is 1. The molecule has 24 heavy (non-hydrogen) atoms. The van der Waals surface area contributed by atoms with E-state index < -0.39 is 6.10 Å². The molecule has 0 unspecified atom stereocenters. The Labute approximate surface area is 144 Å².